The van der Waals surface area contributed by atoms with Crippen LogP contribution in [0.25, 0.3) is 11.1 Å². The molecule has 0 spiro atoms. The lowest BCUT2D eigenvalue weighted by Crippen LogP contribution is -2.46. The SMILES string of the molecule is CCCN(C(=O)c1cc(-c2ccccc2)ccc1Cl)C1CCNCC1. The maximum atomic E-state index is 13.3. The van der Waals surface area contributed by atoms with Crippen molar-refractivity contribution in [2.75, 3.05) is 19.6 Å². The molecule has 1 amide bonds. The third-order valence-electron chi connectivity index (χ3n) is 4.78. The van der Waals surface area contributed by atoms with Gasteiger partial charge in [-0.1, -0.05) is 54.9 Å². The minimum absolute atomic E-state index is 0.0523. The van der Waals surface area contributed by atoms with E-state index >= 15 is 0 Å². The zero-order valence-electron chi connectivity index (χ0n) is 14.7. The molecule has 2 aromatic carbocycles. The number of hydrogen-bond acceptors (Lipinski definition) is 2. The van der Waals surface area contributed by atoms with Crippen LogP contribution in [0.4, 0.5) is 0 Å². The van der Waals surface area contributed by atoms with E-state index in [9.17, 15) is 4.79 Å². The highest BCUT2D eigenvalue weighted by Crippen LogP contribution is 2.27. The van der Waals surface area contributed by atoms with E-state index in [4.69, 9.17) is 11.6 Å². The van der Waals surface area contributed by atoms with Crippen LogP contribution in [0.3, 0.4) is 0 Å². The molecule has 0 atom stereocenters. The van der Waals surface area contributed by atoms with Gasteiger partial charge in [0.25, 0.3) is 5.91 Å². The Morgan fingerprint density at radius 1 is 1.12 bits per heavy atom. The molecule has 1 heterocycles. The molecule has 0 unspecified atom stereocenters. The molecule has 25 heavy (non-hydrogen) atoms. The van der Waals surface area contributed by atoms with Crippen LogP contribution in [0.5, 0.6) is 0 Å². The summed E-state index contributed by atoms with van der Waals surface area (Å²) in [7, 11) is 0. The molecular weight excluding hydrogens is 332 g/mol. The number of benzene rings is 2. The van der Waals surface area contributed by atoms with E-state index in [1.807, 2.05) is 53.4 Å². The third-order valence-corrected chi connectivity index (χ3v) is 5.11. The number of hydrogen-bond donors (Lipinski definition) is 1. The van der Waals surface area contributed by atoms with Crippen LogP contribution in [-0.2, 0) is 0 Å². The van der Waals surface area contributed by atoms with Crippen molar-refractivity contribution in [3.63, 3.8) is 0 Å². The average molecular weight is 357 g/mol. The minimum Gasteiger partial charge on any atom is -0.336 e. The van der Waals surface area contributed by atoms with Gasteiger partial charge in [-0.05, 0) is 55.6 Å². The van der Waals surface area contributed by atoms with Crippen LogP contribution in [0.1, 0.15) is 36.5 Å². The summed E-state index contributed by atoms with van der Waals surface area (Å²) in [5.41, 5.74) is 2.72. The molecule has 132 valence electrons. The molecule has 3 nitrogen and oxygen atoms in total. The van der Waals surface area contributed by atoms with Crippen molar-refractivity contribution in [1.82, 2.24) is 10.2 Å². The summed E-state index contributed by atoms with van der Waals surface area (Å²) in [6, 6.07) is 16.1. The Morgan fingerprint density at radius 3 is 2.52 bits per heavy atom. The molecule has 3 rings (SSSR count). The van der Waals surface area contributed by atoms with Crippen LogP contribution < -0.4 is 5.32 Å². The predicted octanol–water partition coefficient (Wildman–Crippen LogP) is 4.61. The van der Waals surface area contributed by atoms with Gasteiger partial charge >= 0.3 is 0 Å². The van der Waals surface area contributed by atoms with Crippen molar-refractivity contribution < 1.29 is 4.79 Å². The second-order valence-electron chi connectivity index (χ2n) is 6.54. The normalized spacial score (nSPS) is 15.1. The monoisotopic (exact) mass is 356 g/mol. The fourth-order valence-electron chi connectivity index (χ4n) is 3.46. The lowest BCUT2D eigenvalue weighted by molar-refractivity contribution is 0.0643. The number of carbonyl (C=O) groups excluding carboxylic acids is 1. The summed E-state index contributed by atoms with van der Waals surface area (Å²) in [6.07, 6.45) is 2.95. The summed E-state index contributed by atoms with van der Waals surface area (Å²) in [4.78, 5) is 15.3. The van der Waals surface area contributed by atoms with Gasteiger partial charge in [0, 0.05) is 12.6 Å². The zero-order chi connectivity index (χ0) is 17.6. The highest BCUT2D eigenvalue weighted by Gasteiger charge is 2.27. The first kappa shape index (κ1) is 18.0. The van der Waals surface area contributed by atoms with Crippen molar-refractivity contribution >= 4 is 17.5 Å². The molecule has 1 fully saturated rings. The summed E-state index contributed by atoms with van der Waals surface area (Å²) in [5, 5.41) is 3.90. The smallest absolute Gasteiger partial charge is 0.255 e. The first-order chi connectivity index (χ1) is 12.2. The number of carbonyl (C=O) groups is 1. The second-order valence-corrected chi connectivity index (χ2v) is 6.95. The molecule has 4 heteroatoms. The largest absolute Gasteiger partial charge is 0.336 e. The Hall–Kier alpha value is -1.84. The molecule has 0 bridgehead atoms. The fraction of sp³-hybridized carbons (Fsp3) is 0.381. The highest BCUT2D eigenvalue weighted by molar-refractivity contribution is 6.34. The van der Waals surface area contributed by atoms with Crippen LogP contribution in [0, 0.1) is 0 Å². The molecule has 1 N–H and O–H groups in total. The molecule has 1 saturated heterocycles. The summed E-state index contributed by atoms with van der Waals surface area (Å²) < 4.78 is 0. The van der Waals surface area contributed by atoms with Crippen LogP contribution in [0.2, 0.25) is 5.02 Å². The van der Waals surface area contributed by atoms with Gasteiger partial charge in [0.15, 0.2) is 0 Å². The number of piperidine rings is 1. The number of rotatable bonds is 5. The fourth-order valence-corrected chi connectivity index (χ4v) is 3.66. The van der Waals surface area contributed by atoms with E-state index in [2.05, 4.69) is 12.2 Å². The van der Waals surface area contributed by atoms with Gasteiger partial charge in [0.1, 0.15) is 0 Å². The van der Waals surface area contributed by atoms with E-state index < -0.39 is 0 Å². The summed E-state index contributed by atoms with van der Waals surface area (Å²) in [5.74, 6) is 0.0523. The topological polar surface area (TPSA) is 32.3 Å². The van der Waals surface area contributed by atoms with Gasteiger partial charge in [-0.3, -0.25) is 4.79 Å². The Balaban J connectivity index is 1.91. The Labute approximate surface area is 155 Å². The lowest BCUT2D eigenvalue weighted by atomic mass is 10.00. The number of halogens is 1. The summed E-state index contributed by atoms with van der Waals surface area (Å²) >= 11 is 6.40. The average Bonchev–Trinajstić information content (AvgIpc) is 2.67. The summed E-state index contributed by atoms with van der Waals surface area (Å²) in [6.45, 7) is 4.82. The predicted molar refractivity (Wildman–Crippen MR) is 104 cm³/mol. The Kier molecular flexibility index (Phi) is 6.11. The third kappa shape index (κ3) is 4.23. The van der Waals surface area contributed by atoms with E-state index in [-0.39, 0.29) is 5.91 Å². The molecule has 0 aromatic heterocycles. The standard InChI is InChI=1S/C21H25ClN2O/c1-2-14-24(18-10-12-23-13-11-18)21(25)19-15-17(8-9-20(19)22)16-6-4-3-5-7-16/h3-9,15,18,23H,2,10-14H2,1H3. The van der Waals surface area contributed by atoms with Gasteiger partial charge in [-0.2, -0.15) is 0 Å². The van der Waals surface area contributed by atoms with E-state index in [0.717, 1.165) is 50.0 Å². The van der Waals surface area contributed by atoms with Gasteiger partial charge in [-0.25, -0.2) is 0 Å². The van der Waals surface area contributed by atoms with E-state index in [0.29, 0.717) is 16.6 Å². The molecule has 0 aliphatic carbocycles. The van der Waals surface area contributed by atoms with Gasteiger partial charge in [0.2, 0.25) is 0 Å². The lowest BCUT2D eigenvalue weighted by Gasteiger charge is -2.35. The van der Waals surface area contributed by atoms with E-state index in [1.54, 1.807) is 0 Å². The van der Waals surface area contributed by atoms with Crippen LogP contribution >= 0.6 is 11.6 Å². The molecule has 2 aromatic rings. The van der Waals surface area contributed by atoms with Gasteiger partial charge in [0.05, 0.1) is 10.6 Å². The molecule has 1 aliphatic heterocycles. The molecular formula is C21H25ClN2O. The first-order valence-corrected chi connectivity index (χ1v) is 9.45. The van der Waals surface area contributed by atoms with Crippen LogP contribution in [0.15, 0.2) is 48.5 Å². The van der Waals surface area contributed by atoms with Crippen molar-refractivity contribution in [2.24, 2.45) is 0 Å². The van der Waals surface area contributed by atoms with Gasteiger partial charge in [-0.15, -0.1) is 0 Å². The number of nitrogens with one attached hydrogen (secondary N) is 1. The van der Waals surface area contributed by atoms with E-state index in [1.165, 1.54) is 0 Å². The Bertz CT molecular complexity index is 711. The minimum atomic E-state index is 0.0523. The quantitative estimate of drug-likeness (QED) is 0.848. The van der Waals surface area contributed by atoms with Crippen molar-refractivity contribution in [1.29, 1.82) is 0 Å². The van der Waals surface area contributed by atoms with Crippen LogP contribution in [-0.4, -0.2) is 36.5 Å². The molecule has 1 aliphatic rings. The van der Waals surface area contributed by atoms with Crippen molar-refractivity contribution in [2.45, 2.75) is 32.2 Å². The zero-order valence-corrected chi connectivity index (χ0v) is 15.4. The maximum absolute atomic E-state index is 13.3. The second kappa shape index (κ2) is 8.50. The van der Waals surface area contributed by atoms with Crippen molar-refractivity contribution in [3.8, 4) is 11.1 Å². The number of amides is 1. The highest BCUT2D eigenvalue weighted by atomic mass is 35.5. The molecule has 0 saturated carbocycles. The molecule has 0 radical (unpaired) electrons. The first-order valence-electron chi connectivity index (χ1n) is 9.07. The van der Waals surface area contributed by atoms with Gasteiger partial charge < -0.3 is 10.2 Å². The number of nitrogens with zero attached hydrogens (tertiary/aromatic N) is 1. The Morgan fingerprint density at radius 2 is 1.84 bits per heavy atom. The van der Waals surface area contributed by atoms with Crippen molar-refractivity contribution in [3.05, 3.63) is 59.1 Å². The maximum Gasteiger partial charge on any atom is 0.255 e.